The first-order valence-electron chi connectivity index (χ1n) is 5.85. The van der Waals surface area contributed by atoms with E-state index in [-0.39, 0.29) is 5.91 Å². The molecular formula is C13H15ClN4O. The molecule has 1 unspecified atom stereocenters. The first-order valence-corrected chi connectivity index (χ1v) is 6.23. The fourth-order valence-corrected chi connectivity index (χ4v) is 1.75. The number of hydrogen-bond donors (Lipinski definition) is 2. The average molecular weight is 279 g/mol. The van der Waals surface area contributed by atoms with Gasteiger partial charge in [0.15, 0.2) is 0 Å². The number of benzene rings is 1. The molecule has 19 heavy (non-hydrogen) atoms. The molecule has 0 saturated carbocycles. The minimum absolute atomic E-state index is 0.162. The van der Waals surface area contributed by atoms with Crippen molar-refractivity contribution in [2.24, 2.45) is 0 Å². The van der Waals surface area contributed by atoms with Crippen LogP contribution < -0.4 is 11.1 Å². The van der Waals surface area contributed by atoms with Crippen molar-refractivity contribution >= 4 is 28.9 Å². The highest BCUT2D eigenvalue weighted by atomic mass is 35.5. The molecule has 2 rings (SSSR count). The molecule has 1 amide bonds. The van der Waals surface area contributed by atoms with E-state index in [4.69, 9.17) is 17.3 Å². The first kappa shape index (κ1) is 13.4. The number of amides is 1. The number of halogens is 1. The minimum atomic E-state index is -0.398. The van der Waals surface area contributed by atoms with Gasteiger partial charge in [-0.25, -0.2) is 0 Å². The Morgan fingerprint density at radius 3 is 2.79 bits per heavy atom. The lowest BCUT2D eigenvalue weighted by molar-refractivity contribution is -0.119. The van der Waals surface area contributed by atoms with Gasteiger partial charge in [0, 0.05) is 11.9 Å². The van der Waals surface area contributed by atoms with E-state index in [0.717, 1.165) is 5.69 Å². The van der Waals surface area contributed by atoms with Crippen molar-refractivity contribution < 1.29 is 4.79 Å². The fraction of sp³-hybridized carbons (Fsp3) is 0.231. The summed E-state index contributed by atoms with van der Waals surface area (Å²) in [5.41, 5.74) is 7.60. The van der Waals surface area contributed by atoms with Crippen molar-refractivity contribution in [2.45, 2.75) is 19.9 Å². The smallest absolute Gasteiger partial charge is 0.248 e. The average Bonchev–Trinajstić information content (AvgIpc) is 2.79. The number of aryl methyl sites for hydroxylation is 1. The van der Waals surface area contributed by atoms with Crippen LogP contribution in [0.15, 0.2) is 30.5 Å². The van der Waals surface area contributed by atoms with Crippen LogP contribution in [-0.2, 0) is 4.79 Å². The van der Waals surface area contributed by atoms with Crippen molar-refractivity contribution in [3.63, 3.8) is 0 Å². The Kier molecular flexibility index (Phi) is 3.76. The lowest BCUT2D eigenvalue weighted by Gasteiger charge is -2.13. The van der Waals surface area contributed by atoms with Crippen LogP contribution in [0.1, 0.15) is 18.7 Å². The third-order valence-corrected chi connectivity index (χ3v) is 3.13. The van der Waals surface area contributed by atoms with E-state index in [1.165, 1.54) is 0 Å². The van der Waals surface area contributed by atoms with Crippen molar-refractivity contribution in [1.29, 1.82) is 0 Å². The van der Waals surface area contributed by atoms with Crippen molar-refractivity contribution in [3.8, 4) is 0 Å². The topological polar surface area (TPSA) is 72.9 Å². The highest BCUT2D eigenvalue weighted by Crippen LogP contribution is 2.23. The van der Waals surface area contributed by atoms with Crippen molar-refractivity contribution in [1.82, 2.24) is 9.78 Å². The number of carbonyl (C=O) groups excluding carboxylic acids is 1. The van der Waals surface area contributed by atoms with E-state index in [1.54, 1.807) is 36.0 Å². The highest BCUT2D eigenvalue weighted by molar-refractivity contribution is 6.33. The zero-order chi connectivity index (χ0) is 14.0. The van der Waals surface area contributed by atoms with Crippen LogP contribution in [0.2, 0.25) is 5.02 Å². The monoisotopic (exact) mass is 278 g/mol. The largest absolute Gasteiger partial charge is 0.397 e. The van der Waals surface area contributed by atoms with Crippen molar-refractivity contribution in [3.05, 3.63) is 41.2 Å². The maximum absolute atomic E-state index is 12.1. The summed E-state index contributed by atoms with van der Waals surface area (Å²) in [5.74, 6) is -0.162. The quantitative estimate of drug-likeness (QED) is 0.848. The van der Waals surface area contributed by atoms with Crippen LogP contribution in [0.4, 0.5) is 11.4 Å². The second kappa shape index (κ2) is 5.32. The normalized spacial score (nSPS) is 12.2. The lowest BCUT2D eigenvalue weighted by atomic mass is 10.2. The number of nitrogens with one attached hydrogen (secondary N) is 1. The van der Waals surface area contributed by atoms with Gasteiger partial charge in [0.1, 0.15) is 6.04 Å². The summed E-state index contributed by atoms with van der Waals surface area (Å²) < 4.78 is 1.62. The molecule has 0 fully saturated rings. The Morgan fingerprint density at radius 1 is 1.47 bits per heavy atom. The van der Waals surface area contributed by atoms with Crippen LogP contribution in [0.25, 0.3) is 0 Å². The predicted molar refractivity (Wildman–Crippen MR) is 76.2 cm³/mol. The molecule has 0 aliphatic heterocycles. The van der Waals surface area contributed by atoms with Gasteiger partial charge >= 0.3 is 0 Å². The van der Waals surface area contributed by atoms with Gasteiger partial charge in [-0.3, -0.25) is 9.48 Å². The first-order chi connectivity index (χ1) is 8.97. The Hall–Kier alpha value is -2.01. The molecule has 0 spiro atoms. The zero-order valence-corrected chi connectivity index (χ0v) is 11.5. The molecule has 3 N–H and O–H groups in total. The summed E-state index contributed by atoms with van der Waals surface area (Å²) in [7, 11) is 0. The van der Waals surface area contributed by atoms with Gasteiger partial charge in [0.2, 0.25) is 5.91 Å². The predicted octanol–water partition coefficient (Wildman–Crippen LogP) is 2.63. The molecular weight excluding hydrogens is 264 g/mol. The molecule has 1 heterocycles. The number of aromatic nitrogens is 2. The third kappa shape index (κ3) is 3.06. The Bertz CT molecular complexity index is 608. The maximum atomic E-state index is 12.1. The molecule has 2 aromatic rings. The number of rotatable bonds is 3. The van der Waals surface area contributed by atoms with E-state index < -0.39 is 6.04 Å². The zero-order valence-electron chi connectivity index (χ0n) is 10.7. The summed E-state index contributed by atoms with van der Waals surface area (Å²) in [6.07, 6.45) is 1.77. The Morgan fingerprint density at radius 2 is 2.21 bits per heavy atom. The number of carbonyl (C=O) groups is 1. The molecule has 6 heteroatoms. The SMILES string of the molecule is Cc1ccn(C(C)C(=O)Nc2ccc(Cl)c(N)c2)n1. The van der Waals surface area contributed by atoms with Gasteiger partial charge in [0.25, 0.3) is 0 Å². The van der Waals surface area contributed by atoms with E-state index in [0.29, 0.717) is 16.4 Å². The second-order valence-corrected chi connectivity index (χ2v) is 4.75. The van der Waals surface area contributed by atoms with E-state index >= 15 is 0 Å². The number of nitrogens with zero attached hydrogens (tertiary/aromatic N) is 2. The molecule has 0 saturated heterocycles. The molecule has 0 aliphatic carbocycles. The van der Waals surface area contributed by atoms with Crippen LogP contribution in [0.5, 0.6) is 0 Å². The Labute approximate surface area is 116 Å². The molecule has 5 nitrogen and oxygen atoms in total. The van der Waals surface area contributed by atoms with Crippen LogP contribution in [0.3, 0.4) is 0 Å². The maximum Gasteiger partial charge on any atom is 0.248 e. The highest BCUT2D eigenvalue weighted by Gasteiger charge is 2.15. The summed E-state index contributed by atoms with van der Waals surface area (Å²) >= 11 is 5.83. The standard InChI is InChI=1S/C13H15ClN4O/c1-8-5-6-18(17-8)9(2)13(19)16-10-3-4-11(14)12(15)7-10/h3-7,9H,15H2,1-2H3,(H,16,19). The number of nitrogen functional groups attached to an aromatic ring is 1. The minimum Gasteiger partial charge on any atom is -0.397 e. The Balaban J connectivity index is 2.10. The van der Waals surface area contributed by atoms with Crippen LogP contribution >= 0.6 is 11.6 Å². The summed E-state index contributed by atoms with van der Waals surface area (Å²) in [6.45, 7) is 3.65. The van der Waals surface area contributed by atoms with Gasteiger partial charge < -0.3 is 11.1 Å². The van der Waals surface area contributed by atoms with E-state index in [9.17, 15) is 4.79 Å². The summed E-state index contributed by atoms with van der Waals surface area (Å²) in [4.78, 5) is 12.1. The van der Waals surface area contributed by atoms with Gasteiger partial charge in [0.05, 0.1) is 16.4 Å². The lowest BCUT2D eigenvalue weighted by Crippen LogP contribution is -2.24. The number of anilines is 2. The van der Waals surface area contributed by atoms with Crippen LogP contribution in [0, 0.1) is 6.92 Å². The molecule has 0 radical (unpaired) electrons. The van der Waals surface area contributed by atoms with Gasteiger partial charge in [-0.2, -0.15) is 5.10 Å². The van der Waals surface area contributed by atoms with Crippen LogP contribution in [-0.4, -0.2) is 15.7 Å². The van der Waals surface area contributed by atoms with E-state index in [2.05, 4.69) is 10.4 Å². The molecule has 1 aromatic carbocycles. The molecule has 1 aromatic heterocycles. The van der Waals surface area contributed by atoms with Gasteiger partial charge in [-0.1, -0.05) is 11.6 Å². The van der Waals surface area contributed by atoms with Crippen molar-refractivity contribution in [2.75, 3.05) is 11.1 Å². The number of hydrogen-bond acceptors (Lipinski definition) is 3. The molecule has 100 valence electrons. The molecule has 0 bridgehead atoms. The number of nitrogens with two attached hydrogens (primary N) is 1. The fourth-order valence-electron chi connectivity index (χ4n) is 1.64. The summed E-state index contributed by atoms with van der Waals surface area (Å²) in [6, 6.07) is 6.43. The second-order valence-electron chi connectivity index (χ2n) is 4.34. The summed E-state index contributed by atoms with van der Waals surface area (Å²) in [5, 5.41) is 7.46. The van der Waals surface area contributed by atoms with Gasteiger partial charge in [-0.15, -0.1) is 0 Å². The van der Waals surface area contributed by atoms with E-state index in [1.807, 2.05) is 13.0 Å². The van der Waals surface area contributed by atoms with Gasteiger partial charge in [-0.05, 0) is 38.1 Å². The molecule has 1 atom stereocenters. The third-order valence-electron chi connectivity index (χ3n) is 2.78. The molecule has 0 aliphatic rings.